The first-order valence-corrected chi connectivity index (χ1v) is 10.3. The zero-order valence-electron chi connectivity index (χ0n) is 17.5. The van der Waals surface area contributed by atoms with Gasteiger partial charge in [0.2, 0.25) is 5.91 Å². The number of aromatic nitrogens is 1. The third-order valence-electron chi connectivity index (χ3n) is 5.26. The number of amides is 1. The number of nitrogens with zero attached hydrogens (tertiary/aromatic N) is 3. The van der Waals surface area contributed by atoms with Gasteiger partial charge in [-0.3, -0.25) is 9.69 Å². The lowest BCUT2D eigenvalue weighted by Gasteiger charge is -2.22. The van der Waals surface area contributed by atoms with E-state index in [9.17, 15) is 18.0 Å². The number of alkyl halides is 3. The fraction of sp³-hybridized carbons (Fsp3) is 0.455. The van der Waals surface area contributed by atoms with E-state index in [1.807, 2.05) is 29.2 Å². The summed E-state index contributed by atoms with van der Waals surface area (Å²) in [5.74, 6) is 1.29. The van der Waals surface area contributed by atoms with Gasteiger partial charge in [0.05, 0.1) is 19.2 Å². The van der Waals surface area contributed by atoms with Crippen molar-refractivity contribution < 1.29 is 22.7 Å². The maximum Gasteiger partial charge on any atom is 0.417 e. The molecule has 1 aliphatic rings. The molecule has 6 nitrogen and oxygen atoms in total. The predicted octanol–water partition coefficient (Wildman–Crippen LogP) is 2.98. The van der Waals surface area contributed by atoms with Gasteiger partial charge in [0.1, 0.15) is 11.6 Å². The number of rotatable bonds is 7. The number of nitrogens with one attached hydrogen (secondary N) is 1. The van der Waals surface area contributed by atoms with E-state index in [4.69, 9.17) is 4.74 Å². The minimum absolute atomic E-state index is 0.0454. The van der Waals surface area contributed by atoms with Crippen LogP contribution in [0.1, 0.15) is 17.5 Å². The molecular formula is C22H27F3N4O2. The van der Waals surface area contributed by atoms with Crippen LogP contribution in [0.4, 0.5) is 19.0 Å². The number of para-hydroxylation sites is 1. The number of hydrogen-bond donors (Lipinski definition) is 1. The van der Waals surface area contributed by atoms with Crippen LogP contribution in [0, 0.1) is 0 Å². The maximum atomic E-state index is 12.7. The number of halogens is 3. The minimum Gasteiger partial charge on any atom is -0.496 e. The van der Waals surface area contributed by atoms with Crippen molar-refractivity contribution in [1.29, 1.82) is 0 Å². The van der Waals surface area contributed by atoms with Crippen molar-refractivity contribution in [2.45, 2.75) is 19.0 Å². The molecule has 1 saturated heterocycles. The average Bonchev–Trinajstić information content (AvgIpc) is 2.99. The van der Waals surface area contributed by atoms with Crippen LogP contribution in [-0.4, -0.2) is 62.2 Å². The summed E-state index contributed by atoms with van der Waals surface area (Å²) >= 11 is 0. The molecule has 0 unspecified atom stereocenters. The van der Waals surface area contributed by atoms with Crippen LogP contribution < -0.4 is 15.0 Å². The zero-order chi connectivity index (χ0) is 22.3. The molecule has 0 aliphatic carbocycles. The van der Waals surface area contributed by atoms with Gasteiger partial charge in [-0.25, -0.2) is 4.98 Å². The first-order chi connectivity index (χ1) is 14.9. The van der Waals surface area contributed by atoms with Gasteiger partial charge in [-0.05, 0) is 36.6 Å². The SMILES string of the molecule is COc1ccccc1CCNC(=O)CN1CCCN(c2ccc(C(F)(F)F)cn2)CC1. The van der Waals surface area contributed by atoms with E-state index in [0.717, 1.165) is 36.5 Å². The lowest BCUT2D eigenvalue weighted by Crippen LogP contribution is -2.40. The molecule has 2 aromatic rings. The second-order valence-corrected chi connectivity index (χ2v) is 7.43. The summed E-state index contributed by atoms with van der Waals surface area (Å²) in [4.78, 5) is 20.3. The number of benzene rings is 1. The van der Waals surface area contributed by atoms with Crippen LogP contribution in [0.3, 0.4) is 0 Å². The van der Waals surface area contributed by atoms with Crippen LogP contribution in [0.2, 0.25) is 0 Å². The number of anilines is 1. The molecule has 2 heterocycles. The largest absolute Gasteiger partial charge is 0.496 e. The van der Waals surface area contributed by atoms with Crippen molar-refractivity contribution in [3.05, 3.63) is 53.7 Å². The summed E-state index contributed by atoms with van der Waals surface area (Å²) in [5.41, 5.74) is 0.289. The second-order valence-electron chi connectivity index (χ2n) is 7.43. The molecule has 1 fully saturated rings. The minimum atomic E-state index is -4.39. The van der Waals surface area contributed by atoms with E-state index in [2.05, 4.69) is 15.2 Å². The Morgan fingerprint density at radius 1 is 1.13 bits per heavy atom. The second kappa shape index (κ2) is 10.5. The molecule has 0 atom stereocenters. The molecule has 0 saturated carbocycles. The highest BCUT2D eigenvalue weighted by molar-refractivity contribution is 5.78. The Morgan fingerprint density at radius 3 is 2.65 bits per heavy atom. The van der Waals surface area contributed by atoms with E-state index >= 15 is 0 Å². The molecule has 1 aromatic carbocycles. The molecule has 0 bridgehead atoms. The molecule has 1 N–H and O–H groups in total. The molecule has 3 rings (SSSR count). The molecule has 0 radical (unpaired) electrons. The van der Waals surface area contributed by atoms with Gasteiger partial charge >= 0.3 is 6.18 Å². The summed E-state index contributed by atoms with van der Waals surface area (Å²) in [6.07, 6.45) is -2.03. The van der Waals surface area contributed by atoms with E-state index < -0.39 is 11.7 Å². The summed E-state index contributed by atoms with van der Waals surface area (Å²) in [6, 6.07) is 10.2. The van der Waals surface area contributed by atoms with Crippen molar-refractivity contribution in [3.63, 3.8) is 0 Å². The number of carbonyl (C=O) groups is 1. The van der Waals surface area contributed by atoms with Crippen molar-refractivity contribution in [2.75, 3.05) is 51.3 Å². The maximum absolute atomic E-state index is 12.7. The Hall–Kier alpha value is -2.81. The van der Waals surface area contributed by atoms with Gasteiger partial charge in [0, 0.05) is 38.9 Å². The number of methoxy groups -OCH3 is 1. The highest BCUT2D eigenvalue weighted by Crippen LogP contribution is 2.29. The molecule has 1 aromatic heterocycles. The molecule has 9 heteroatoms. The number of ether oxygens (including phenoxy) is 1. The standard InChI is InChI=1S/C22H27F3N4O2/c1-31-19-6-3-2-5-17(19)9-10-26-21(30)16-28-11-4-12-29(14-13-28)20-8-7-18(15-27-20)22(23,24)25/h2-3,5-8,15H,4,9-14,16H2,1H3,(H,26,30). The summed E-state index contributed by atoms with van der Waals surface area (Å²) in [7, 11) is 1.63. The third kappa shape index (κ3) is 6.58. The van der Waals surface area contributed by atoms with Crippen LogP contribution in [0.15, 0.2) is 42.6 Å². The molecule has 1 amide bonds. The Balaban J connectivity index is 1.44. The molecule has 168 valence electrons. The summed E-state index contributed by atoms with van der Waals surface area (Å²) in [5, 5.41) is 2.94. The number of hydrogen-bond acceptors (Lipinski definition) is 5. The van der Waals surface area contributed by atoms with E-state index in [-0.39, 0.29) is 5.91 Å². The predicted molar refractivity (Wildman–Crippen MR) is 112 cm³/mol. The molecular weight excluding hydrogens is 409 g/mol. The number of carbonyl (C=O) groups excluding carboxylic acids is 1. The van der Waals surface area contributed by atoms with Crippen molar-refractivity contribution in [3.8, 4) is 5.75 Å². The lowest BCUT2D eigenvalue weighted by atomic mass is 10.1. The Bertz CT molecular complexity index is 859. The first-order valence-electron chi connectivity index (χ1n) is 10.3. The van der Waals surface area contributed by atoms with Crippen molar-refractivity contribution >= 4 is 11.7 Å². The fourth-order valence-electron chi connectivity index (χ4n) is 3.60. The third-order valence-corrected chi connectivity index (χ3v) is 5.26. The number of pyridine rings is 1. The van der Waals surface area contributed by atoms with E-state index in [1.54, 1.807) is 7.11 Å². The van der Waals surface area contributed by atoms with Gasteiger partial charge in [-0.1, -0.05) is 18.2 Å². The Morgan fingerprint density at radius 2 is 1.94 bits per heavy atom. The van der Waals surface area contributed by atoms with Crippen LogP contribution >= 0.6 is 0 Å². The van der Waals surface area contributed by atoms with Crippen LogP contribution in [0.25, 0.3) is 0 Å². The quantitative estimate of drug-likeness (QED) is 0.723. The highest BCUT2D eigenvalue weighted by Gasteiger charge is 2.31. The smallest absolute Gasteiger partial charge is 0.417 e. The summed E-state index contributed by atoms with van der Waals surface area (Å²) < 4.78 is 43.5. The molecule has 1 aliphatic heterocycles. The Kier molecular flexibility index (Phi) is 7.73. The van der Waals surface area contributed by atoms with Crippen molar-refractivity contribution in [1.82, 2.24) is 15.2 Å². The molecule has 0 spiro atoms. The van der Waals surface area contributed by atoms with Gasteiger partial charge in [-0.15, -0.1) is 0 Å². The zero-order valence-corrected chi connectivity index (χ0v) is 17.5. The normalized spacial score (nSPS) is 15.4. The van der Waals surface area contributed by atoms with Crippen molar-refractivity contribution in [2.24, 2.45) is 0 Å². The van der Waals surface area contributed by atoms with Gasteiger partial charge in [0.25, 0.3) is 0 Å². The first kappa shape index (κ1) is 22.9. The summed E-state index contributed by atoms with van der Waals surface area (Å²) in [6.45, 7) is 3.49. The monoisotopic (exact) mass is 436 g/mol. The fourth-order valence-corrected chi connectivity index (χ4v) is 3.60. The van der Waals surface area contributed by atoms with E-state index in [0.29, 0.717) is 45.0 Å². The van der Waals surface area contributed by atoms with Crippen LogP contribution in [-0.2, 0) is 17.4 Å². The topological polar surface area (TPSA) is 57.7 Å². The van der Waals surface area contributed by atoms with E-state index in [1.165, 1.54) is 6.07 Å². The van der Waals surface area contributed by atoms with Gasteiger partial charge in [0.15, 0.2) is 0 Å². The highest BCUT2D eigenvalue weighted by atomic mass is 19.4. The Labute approximate surface area is 180 Å². The van der Waals surface area contributed by atoms with Crippen LogP contribution in [0.5, 0.6) is 5.75 Å². The van der Waals surface area contributed by atoms with Gasteiger partial charge in [-0.2, -0.15) is 13.2 Å². The average molecular weight is 436 g/mol. The molecule has 31 heavy (non-hydrogen) atoms. The lowest BCUT2D eigenvalue weighted by molar-refractivity contribution is -0.137. The van der Waals surface area contributed by atoms with Gasteiger partial charge < -0.3 is 15.0 Å².